The molecule has 110 valence electrons. The molecular weight excluding hydrogens is 286 g/mol. The van der Waals surface area contributed by atoms with E-state index in [1.54, 1.807) is 0 Å². The Morgan fingerprint density at radius 1 is 1.14 bits per heavy atom. The van der Waals surface area contributed by atoms with Crippen LogP contribution in [0.25, 0.3) is 10.1 Å². The lowest BCUT2D eigenvalue weighted by atomic mass is 10.2. The van der Waals surface area contributed by atoms with E-state index in [4.69, 9.17) is 5.73 Å². The summed E-state index contributed by atoms with van der Waals surface area (Å²) in [5, 5.41) is 1.11. The van der Waals surface area contributed by atoms with Crippen LogP contribution in [0.15, 0.2) is 30.3 Å². The smallest absolute Gasteiger partial charge is 0.264 e. The zero-order valence-corrected chi connectivity index (χ0v) is 12.4. The van der Waals surface area contributed by atoms with Crippen molar-refractivity contribution in [1.82, 2.24) is 9.80 Å². The fraction of sp³-hybridized carbons (Fsp3) is 0.333. The molecule has 1 aliphatic rings. The lowest BCUT2D eigenvalue weighted by Crippen LogP contribution is -2.50. The SMILES string of the molecule is NC(=O)CN1CCN(C(=O)c2cc3ccccc3s2)CC1. The van der Waals surface area contributed by atoms with Crippen LogP contribution in [0.1, 0.15) is 9.67 Å². The molecule has 3 rings (SSSR count). The van der Waals surface area contributed by atoms with Gasteiger partial charge in [-0.3, -0.25) is 14.5 Å². The summed E-state index contributed by atoms with van der Waals surface area (Å²) in [6.45, 7) is 2.94. The van der Waals surface area contributed by atoms with E-state index in [1.807, 2.05) is 40.1 Å². The van der Waals surface area contributed by atoms with Crippen LogP contribution in [0, 0.1) is 0 Å². The third-order valence-corrected chi connectivity index (χ3v) is 4.78. The molecule has 1 fully saturated rings. The van der Waals surface area contributed by atoms with Crippen LogP contribution in [0.2, 0.25) is 0 Å². The number of piperazine rings is 1. The highest BCUT2D eigenvalue weighted by molar-refractivity contribution is 7.20. The van der Waals surface area contributed by atoms with E-state index < -0.39 is 0 Å². The molecule has 1 aromatic carbocycles. The summed E-state index contributed by atoms with van der Waals surface area (Å²) in [5.41, 5.74) is 5.19. The molecule has 0 unspecified atom stereocenters. The average Bonchev–Trinajstić information content (AvgIpc) is 2.90. The second-order valence-corrected chi connectivity index (χ2v) is 6.27. The van der Waals surface area contributed by atoms with E-state index in [-0.39, 0.29) is 18.4 Å². The summed E-state index contributed by atoms with van der Waals surface area (Å²) >= 11 is 1.53. The highest BCUT2D eigenvalue weighted by atomic mass is 32.1. The summed E-state index contributed by atoms with van der Waals surface area (Å²) in [6.07, 6.45) is 0. The molecule has 2 amide bonds. The first-order valence-electron chi connectivity index (χ1n) is 6.92. The van der Waals surface area contributed by atoms with Crippen molar-refractivity contribution in [1.29, 1.82) is 0 Å². The summed E-state index contributed by atoms with van der Waals surface area (Å²) in [7, 11) is 0. The maximum absolute atomic E-state index is 12.5. The molecule has 0 atom stereocenters. The Labute approximate surface area is 126 Å². The third kappa shape index (κ3) is 3.06. The van der Waals surface area contributed by atoms with Crippen molar-refractivity contribution in [3.05, 3.63) is 35.2 Å². The highest BCUT2D eigenvalue weighted by Crippen LogP contribution is 2.26. The molecule has 1 saturated heterocycles. The number of rotatable bonds is 3. The number of carbonyl (C=O) groups is 2. The minimum atomic E-state index is -0.320. The summed E-state index contributed by atoms with van der Waals surface area (Å²) in [4.78, 5) is 28.0. The Balaban J connectivity index is 1.67. The number of hydrogen-bond acceptors (Lipinski definition) is 4. The normalized spacial score (nSPS) is 16.3. The molecule has 5 nitrogen and oxygen atoms in total. The van der Waals surface area contributed by atoms with Crippen LogP contribution in [-0.2, 0) is 4.79 Å². The van der Waals surface area contributed by atoms with Crippen molar-refractivity contribution in [3.8, 4) is 0 Å². The van der Waals surface area contributed by atoms with Crippen molar-refractivity contribution in [2.75, 3.05) is 32.7 Å². The van der Waals surface area contributed by atoms with Gasteiger partial charge in [0.05, 0.1) is 11.4 Å². The first-order chi connectivity index (χ1) is 10.1. The molecule has 2 heterocycles. The van der Waals surface area contributed by atoms with Gasteiger partial charge in [-0.25, -0.2) is 0 Å². The zero-order valence-electron chi connectivity index (χ0n) is 11.6. The van der Waals surface area contributed by atoms with E-state index in [1.165, 1.54) is 11.3 Å². The molecule has 0 bridgehead atoms. The Hall–Kier alpha value is -1.92. The van der Waals surface area contributed by atoms with Crippen molar-refractivity contribution in [2.24, 2.45) is 5.73 Å². The minimum Gasteiger partial charge on any atom is -0.369 e. The van der Waals surface area contributed by atoms with E-state index in [0.29, 0.717) is 26.2 Å². The van der Waals surface area contributed by atoms with Gasteiger partial charge in [0.25, 0.3) is 5.91 Å². The molecule has 0 spiro atoms. The van der Waals surface area contributed by atoms with Gasteiger partial charge in [0.2, 0.25) is 5.91 Å². The van der Waals surface area contributed by atoms with Gasteiger partial charge < -0.3 is 10.6 Å². The lowest BCUT2D eigenvalue weighted by molar-refractivity contribution is -0.119. The minimum absolute atomic E-state index is 0.0786. The van der Waals surface area contributed by atoms with E-state index >= 15 is 0 Å². The van der Waals surface area contributed by atoms with Crippen LogP contribution in [0.5, 0.6) is 0 Å². The maximum Gasteiger partial charge on any atom is 0.264 e. The van der Waals surface area contributed by atoms with Gasteiger partial charge in [-0.2, -0.15) is 0 Å². The highest BCUT2D eigenvalue weighted by Gasteiger charge is 2.23. The molecular formula is C15H17N3O2S. The summed E-state index contributed by atoms with van der Waals surface area (Å²) in [5.74, 6) is -0.241. The van der Waals surface area contributed by atoms with Crippen molar-refractivity contribution >= 4 is 33.2 Å². The molecule has 2 N–H and O–H groups in total. The standard InChI is InChI=1S/C15H17N3O2S/c16-14(19)10-17-5-7-18(8-6-17)15(20)13-9-11-3-1-2-4-12(11)21-13/h1-4,9H,5-8,10H2,(H2,16,19). The predicted octanol–water partition coefficient (Wildman–Crippen LogP) is 1.14. The molecule has 1 aromatic heterocycles. The van der Waals surface area contributed by atoms with Crippen LogP contribution in [-0.4, -0.2) is 54.3 Å². The number of carbonyl (C=O) groups excluding carboxylic acids is 2. The van der Waals surface area contributed by atoms with Crippen LogP contribution >= 0.6 is 11.3 Å². The number of fused-ring (bicyclic) bond motifs is 1. The van der Waals surface area contributed by atoms with E-state index in [0.717, 1.165) is 15.0 Å². The van der Waals surface area contributed by atoms with Crippen LogP contribution in [0.4, 0.5) is 0 Å². The van der Waals surface area contributed by atoms with Crippen molar-refractivity contribution in [3.63, 3.8) is 0 Å². The Kier molecular flexibility index (Phi) is 3.90. The van der Waals surface area contributed by atoms with Gasteiger partial charge >= 0.3 is 0 Å². The van der Waals surface area contributed by atoms with Gasteiger partial charge in [-0.05, 0) is 17.5 Å². The first kappa shape index (κ1) is 14.0. The molecule has 1 aliphatic heterocycles. The average molecular weight is 303 g/mol. The largest absolute Gasteiger partial charge is 0.369 e. The fourth-order valence-corrected chi connectivity index (χ4v) is 3.60. The second kappa shape index (κ2) is 5.83. The lowest BCUT2D eigenvalue weighted by Gasteiger charge is -2.33. The first-order valence-corrected chi connectivity index (χ1v) is 7.73. The van der Waals surface area contributed by atoms with Crippen LogP contribution < -0.4 is 5.73 Å². The topological polar surface area (TPSA) is 66.6 Å². The number of nitrogens with two attached hydrogens (primary N) is 1. The number of hydrogen-bond donors (Lipinski definition) is 1. The summed E-state index contributed by atoms with van der Waals surface area (Å²) < 4.78 is 1.13. The molecule has 0 radical (unpaired) electrons. The third-order valence-electron chi connectivity index (χ3n) is 3.68. The Bertz CT molecular complexity index is 641. The van der Waals surface area contributed by atoms with Gasteiger partial charge in [0.1, 0.15) is 0 Å². The maximum atomic E-state index is 12.5. The fourth-order valence-electron chi connectivity index (χ4n) is 2.57. The number of nitrogens with zero attached hydrogens (tertiary/aromatic N) is 2. The second-order valence-electron chi connectivity index (χ2n) is 5.18. The van der Waals surface area contributed by atoms with Crippen molar-refractivity contribution in [2.45, 2.75) is 0 Å². The van der Waals surface area contributed by atoms with E-state index in [9.17, 15) is 9.59 Å². The molecule has 21 heavy (non-hydrogen) atoms. The predicted molar refractivity (Wildman–Crippen MR) is 83.4 cm³/mol. The van der Waals surface area contributed by atoms with E-state index in [2.05, 4.69) is 0 Å². The number of amides is 2. The molecule has 6 heteroatoms. The van der Waals surface area contributed by atoms with Gasteiger partial charge in [-0.1, -0.05) is 18.2 Å². The number of benzene rings is 1. The number of thiophene rings is 1. The molecule has 2 aromatic rings. The van der Waals surface area contributed by atoms with Crippen LogP contribution in [0.3, 0.4) is 0 Å². The Morgan fingerprint density at radius 2 is 1.86 bits per heavy atom. The zero-order chi connectivity index (χ0) is 14.8. The quantitative estimate of drug-likeness (QED) is 0.925. The van der Waals surface area contributed by atoms with Gasteiger partial charge in [0.15, 0.2) is 0 Å². The van der Waals surface area contributed by atoms with Gasteiger partial charge in [0, 0.05) is 30.9 Å². The van der Waals surface area contributed by atoms with Crippen molar-refractivity contribution < 1.29 is 9.59 Å². The number of primary amides is 1. The van der Waals surface area contributed by atoms with Gasteiger partial charge in [-0.15, -0.1) is 11.3 Å². The Morgan fingerprint density at radius 3 is 2.52 bits per heavy atom. The molecule has 0 saturated carbocycles. The summed E-state index contributed by atoms with van der Waals surface area (Å²) in [6, 6.07) is 9.97. The monoisotopic (exact) mass is 303 g/mol. The molecule has 0 aliphatic carbocycles.